The summed E-state index contributed by atoms with van der Waals surface area (Å²) in [4.78, 5) is 17.9. The summed E-state index contributed by atoms with van der Waals surface area (Å²) in [7, 11) is 0. The van der Waals surface area contributed by atoms with Crippen LogP contribution in [0.4, 0.5) is 14.6 Å². The number of nitrogens with one attached hydrogen (secondary N) is 2. The number of aromatic amines is 1. The van der Waals surface area contributed by atoms with Gasteiger partial charge in [0.25, 0.3) is 6.43 Å². The van der Waals surface area contributed by atoms with Crippen molar-refractivity contribution in [3.8, 4) is 11.4 Å². The van der Waals surface area contributed by atoms with Gasteiger partial charge in [0.05, 0.1) is 23.3 Å². The van der Waals surface area contributed by atoms with E-state index in [0.717, 1.165) is 31.4 Å². The van der Waals surface area contributed by atoms with E-state index in [-0.39, 0.29) is 5.41 Å². The molecule has 1 unspecified atom stereocenters. The van der Waals surface area contributed by atoms with Gasteiger partial charge in [-0.05, 0) is 36.8 Å². The second-order valence-electron chi connectivity index (χ2n) is 6.72. The molecule has 7 nitrogen and oxygen atoms in total. The highest BCUT2D eigenvalue weighted by Gasteiger charge is 2.33. The highest BCUT2D eigenvalue weighted by molar-refractivity contribution is 7.79. The van der Waals surface area contributed by atoms with E-state index in [1.54, 1.807) is 12.5 Å². The fraction of sp³-hybridized carbons (Fsp3) is 0.444. The Morgan fingerprint density at radius 2 is 2.18 bits per heavy atom. The van der Waals surface area contributed by atoms with Crippen LogP contribution >= 0.6 is 12.6 Å². The molecule has 28 heavy (non-hydrogen) atoms. The summed E-state index contributed by atoms with van der Waals surface area (Å²) in [6, 6.07) is 1.87. The Kier molecular flexibility index (Phi) is 7.64. The van der Waals surface area contributed by atoms with Gasteiger partial charge in [-0.15, -0.1) is 0 Å². The average molecular weight is 410 g/mol. The van der Waals surface area contributed by atoms with Crippen LogP contribution in [-0.2, 0) is 0 Å². The number of rotatable bonds is 6. The van der Waals surface area contributed by atoms with Crippen LogP contribution in [0.3, 0.4) is 0 Å². The molecule has 1 saturated heterocycles. The van der Waals surface area contributed by atoms with Crippen LogP contribution < -0.4 is 10.6 Å². The zero-order valence-electron chi connectivity index (χ0n) is 15.9. The normalized spacial score (nSPS) is 19.2. The number of aromatic nitrogens is 4. The fourth-order valence-electron chi connectivity index (χ4n) is 2.85. The van der Waals surface area contributed by atoms with Crippen molar-refractivity contribution < 1.29 is 8.78 Å². The number of thiol groups is 1. The Bertz CT molecular complexity index is 824. The van der Waals surface area contributed by atoms with Crippen molar-refractivity contribution in [2.45, 2.75) is 19.8 Å². The molecule has 0 bridgehead atoms. The first-order valence-electron chi connectivity index (χ1n) is 8.72. The van der Waals surface area contributed by atoms with Crippen molar-refractivity contribution in [1.29, 1.82) is 5.41 Å². The minimum Gasteiger partial charge on any atom is -0.356 e. The molecule has 1 aliphatic heterocycles. The summed E-state index contributed by atoms with van der Waals surface area (Å²) >= 11 is 3.53. The topological polar surface area (TPSA) is 108 Å². The highest BCUT2D eigenvalue weighted by Crippen LogP contribution is 2.32. The molecule has 0 spiro atoms. The molecule has 4 N–H and O–H groups in total. The number of nitrogens with zero attached hydrogens (tertiary/aromatic N) is 4. The quantitative estimate of drug-likeness (QED) is 0.433. The third-order valence-corrected chi connectivity index (χ3v) is 4.55. The predicted molar refractivity (Wildman–Crippen MR) is 111 cm³/mol. The minimum absolute atomic E-state index is 0.0895. The maximum atomic E-state index is 12.3. The van der Waals surface area contributed by atoms with Gasteiger partial charge in [0.15, 0.2) is 0 Å². The lowest BCUT2D eigenvalue weighted by molar-refractivity contribution is 0.226. The van der Waals surface area contributed by atoms with Crippen LogP contribution in [0.25, 0.3) is 17.5 Å². The van der Waals surface area contributed by atoms with Gasteiger partial charge in [0.1, 0.15) is 18.0 Å². The van der Waals surface area contributed by atoms with Crippen LogP contribution in [0.5, 0.6) is 0 Å². The van der Waals surface area contributed by atoms with Gasteiger partial charge in [0.2, 0.25) is 0 Å². The number of hydrogen-bond acceptors (Lipinski definition) is 7. The molecule has 1 aliphatic rings. The van der Waals surface area contributed by atoms with E-state index in [2.05, 4.69) is 44.4 Å². The molecule has 1 fully saturated rings. The molecule has 152 valence electrons. The van der Waals surface area contributed by atoms with Crippen LogP contribution in [0.1, 0.15) is 19.2 Å². The van der Waals surface area contributed by atoms with Gasteiger partial charge in [-0.25, -0.2) is 23.7 Å². The lowest BCUT2D eigenvalue weighted by Crippen LogP contribution is -2.31. The predicted octanol–water partition coefficient (Wildman–Crippen LogP) is 2.89. The summed E-state index contributed by atoms with van der Waals surface area (Å²) in [5.41, 5.74) is 6.50. The van der Waals surface area contributed by atoms with E-state index in [1.165, 1.54) is 12.4 Å². The molecular formula is C18H25F2N7S. The molecule has 3 rings (SSSR count). The molecule has 1 atom stereocenters. The number of anilines is 1. The summed E-state index contributed by atoms with van der Waals surface area (Å²) in [6.45, 7) is 4.52. The Hall–Kier alpha value is -2.33. The van der Waals surface area contributed by atoms with Gasteiger partial charge in [-0.3, -0.25) is 5.41 Å². The van der Waals surface area contributed by atoms with Crippen molar-refractivity contribution in [1.82, 2.24) is 19.9 Å². The SMILES string of the molecule is CC1(CN)CCN(c2cc(-c3cnc(/C=C\C(=N)C(F)F)[nH]3)ncn2)C1.CS. The molecule has 2 aromatic heterocycles. The van der Waals surface area contributed by atoms with Crippen LogP contribution in [0, 0.1) is 10.8 Å². The molecule has 2 aromatic rings. The number of alkyl halides is 2. The number of hydrogen-bond donors (Lipinski definition) is 4. The molecule has 0 amide bonds. The summed E-state index contributed by atoms with van der Waals surface area (Å²) in [5.74, 6) is 1.20. The number of H-pyrrole nitrogens is 1. The van der Waals surface area contributed by atoms with Crippen molar-refractivity contribution >= 4 is 30.2 Å². The molecule has 0 aromatic carbocycles. The third kappa shape index (κ3) is 5.35. The number of allylic oxidation sites excluding steroid dienone is 1. The van der Waals surface area contributed by atoms with Crippen LogP contribution in [0.2, 0.25) is 0 Å². The first kappa shape index (κ1) is 22.0. The smallest absolute Gasteiger partial charge is 0.279 e. The monoisotopic (exact) mass is 409 g/mol. The molecule has 0 saturated carbocycles. The van der Waals surface area contributed by atoms with Crippen molar-refractivity contribution in [2.75, 3.05) is 30.8 Å². The first-order valence-corrected chi connectivity index (χ1v) is 9.61. The Balaban J connectivity index is 0.00000136. The number of imidazole rings is 1. The average Bonchev–Trinajstić information content (AvgIpc) is 3.35. The van der Waals surface area contributed by atoms with E-state index in [0.29, 0.717) is 23.8 Å². The van der Waals surface area contributed by atoms with Crippen molar-refractivity contribution in [3.63, 3.8) is 0 Å². The van der Waals surface area contributed by atoms with Crippen molar-refractivity contribution in [3.05, 3.63) is 30.5 Å². The Labute approximate surface area is 168 Å². The molecule has 3 heterocycles. The molecule has 10 heteroatoms. The molecule has 0 aliphatic carbocycles. The van der Waals surface area contributed by atoms with Crippen LogP contribution in [-0.4, -0.2) is 58.0 Å². The van der Waals surface area contributed by atoms with E-state index < -0.39 is 12.1 Å². The zero-order chi connectivity index (χ0) is 20.7. The maximum Gasteiger partial charge on any atom is 0.279 e. The van der Waals surface area contributed by atoms with E-state index in [9.17, 15) is 8.78 Å². The third-order valence-electron chi connectivity index (χ3n) is 4.55. The summed E-state index contributed by atoms with van der Waals surface area (Å²) in [5, 5.41) is 7.12. The Morgan fingerprint density at radius 1 is 1.43 bits per heavy atom. The van der Waals surface area contributed by atoms with Gasteiger partial charge < -0.3 is 15.6 Å². The summed E-state index contributed by atoms with van der Waals surface area (Å²) in [6.07, 6.45) is 5.34. The minimum atomic E-state index is -2.80. The van der Waals surface area contributed by atoms with Crippen LogP contribution in [0.15, 0.2) is 24.7 Å². The van der Waals surface area contributed by atoms with Gasteiger partial charge in [0, 0.05) is 19.2 Å². The first-order chi connectivity index (χ1) is 13.4. The van der Waals surface area contributed by atoms with Gasteiger partial charge in [-0.2, -0.15) is 12.6 Å². The number of nitrogens with two attached hydrogens (primary N) is 1. The highest BCUT2D eigenvalue weighted by atomic mass is 32.1. The van der Waals surface area contributed by atoms with E-state index in [1.807, 2.05) is 6.07 Å². The standard InChI is InChI=1S/C17H21F2N7.CH4S/c1-17(8-20)4-5-26(9-17)15-6-12(23-10-24-15)13-7-22-14(25-13)3-2-11(21)16(18)19;1-2/h2-3,6-7,10,16,21H,4-5,8-9,20H2,1H3,(H,22,25);2H,1H3/b3-2-,21-11?;. The van der Waals surface area contributed by atoms with Gasteiger partial charge >= 0.3 is 0 Å². The largest absolute Gasteiger partial charge is 0.356 e. The zero-order valence-corrected chi connectivity index (χ0v) is 16.8. The van der Waals surface area contributed by atoms with E-state index in [4.69, 9.17) is 11.1 Å². The Morgan fingerprint density at radius 3 is 2.82 bits per heavy atom. The second-order valence-corrected chi connectivity index (χ2v) is 6.72. The lowest BCUT2D eigenvalue weighted by Gasteiger charge is -2.23. The molecular weight excluding hydrogens is 384 g/mol. The molecule has 0 radical (unpaired) electrons. The maximum absolute atomic E-state index is 12.3. The van der Waals surface area contributed by atoms with Crippen molar-refractivity contribution in [2.24, 2.45) is 11.1 Å². The lowest BCUT2D eigenvalue weighted by atomic mass is 9.90. The number of halogens is 2. The second kappa shape index (κ2) is 9.74. The fourth-order valence-corrected chi connectivity index (χ4v) is 2.85. The summed E-state index contributed by atoms with van der Waals surface area (Å²) < 4.78 is 24.7. The van der Waals surface area contributed by atoms with E-state index >= 15 is 0 Å². The van der Waals surface area contributed by atoms with Gasteiger partial charge in [-0.1, -0.05) is 6.92 Å².